The van der Waals surface area contributed by atoms with Crippen molar-refractivity contribution in [3.8, 4) is 0 Å². The Labute approximate surface area is 85.1 Å². The average molecular weight is 276 g/mol. The van der Waals surface area contributed by atoms with Crippen molar-refractivity contribution in [3.63, 3.8) is 0 Å². The molecule has 0 saturated carbocycles. The van der Waals surface area contributed by atoms with Gasteiger partial charge in [-0.2, -0.15) is 0 Å². The first kappa shape index (κ1) is 9.67. The van der Waals surface area contributed by atoms with Crippen LogP contribution in [0, 0.1) is 0 Å². The summed E-state index contributed by atoms with van der Waals surface area (Å²) in [6.07, 6.45) is 0. The molecule has 0 amide bonds. The quantitative estimate of drug-likeness (QED) is 0.481. The predicted octanol–water partition coefficient (Wildman–Crippen LogP) is 2.28. The van der Waals surface area contributed by atoms with E-state index in [0.29, 0.717) is 5.56 Å². The highest BCUT2D eigenvalue weighted by molar-refractivity contribution is 14.1. The second-order valence-corrected chi connectivity index (χ2v) is 3.41. The first-order valence-electron chi connectivity index (χ1n) is 3.52. The molecular formula is C9H9IO2. The molecule has 0 aliphatic rings. The summed E-state index contributed by atoms with van der Waals surface area (Å²) in [5, 5.41) is 0. The Morgan fingerprint density at radius 3 is 2.50 bits per heavy atom. The van der Waals surface area contributed by atoms with Crippen LogP contribution in [-0.4, -0.2) is 17.0 Å². The van der Waals surface area contributed by atoms with Crippen molar-refractivity contribution in [2.75, 3.05) is 7.11 Å². The molecule has 1 aromatic carbocycles. The Kier molecular flexibility index (Phi) is 3.68. The number of alkyl halides is 1. The summed E-state index contributed by atoms with van der Waals surface area (Å²) in [6.45, 7) is 0. The lowest BCUT2D eigenvalue weighted by atomic mass is 10.1. The van der Waals surface area contributed by atoms with Gasteiger partial charge in [0, 0.05) is 12.7 Å². The summed E-state index contributed by atoms with van der Waals surface area (Å²) < 4.78 is 4.52. The molecule has 0 aromatic heterocycles. The number of Topliss-reactive ketones (excluding diaryl/α,β-unsaturated/α-hetero) is 1. The number of hydrogen-bond donors (Lipinski definition) is 0. The number of ketones is 1. The minimum atomic E-state index is -0.384. The fourth-order valence-electron chi connectivity index (χ4n) is 0.840. The third-order valence-corrected chi connectivity index (χ3v) is 2.55. The number of carbonyl (C=O) groups is 1. The predicted molar refractivity (Wildman–Crippen MR) is 55.6 cm³/mol. The van der Waals surface area contributed by atoms with Crippen molar-refractivity contribution >= 4 is 28.4 Å². The minimum Gasteiger partial charge on any atom is -0.363 e. The lowest BCUT2D eigenvalue weighted by molar-refractivity contribution is 0.0819. The summed E-state index contributed by atoms with van der Waals surface area (Å²) in [6, 6.07) is 9.13. The lowest BCUT2D eigenvalue weighted by Gasteiger charge is -2.05. The van der Waals surface area contributed by atoms with E-state index in [4.69, 9.17) is 4.74 Å². The van der Waals surface area contributed by atoms with Crippen molar-refractivity contribution in [1.29, 1.82) is 0 Å². The number of carbonyl (C=O) groups excluding carboxylic acids is 1. The monoisotopic (exact) mass is 276 g/mol. The van der Waals surface area contributed by atoms with E-state index in [2.05, 4.69) is 0 Å². The molecule has 12 heavy (non-hydrogen) atoms. The number of methoxy groups -OCH3 is 1. The van der Waals surface area contributed by atoms with E-state index < -0.39 is 0 Å². The molecule has 2 nitrogen and oxygen atoms in total. The van der Waals surface area contributed by atoms with Crippen molar-refractivity contribution < 1.29 is 9.53 Å². The van der Waals surface area contributed by atoms with E-state index in [0.717, 1.165) is 0 Å². The molecule has 1 rings (SSSR count). The fourth-order valence-corrected chi connectivity index (χ4v) is 1.20. The van der Waals surface area contributed by atoms with Gasteiger partial charge < -0.3 is 4.74 Å². The number of rotatable bonds is 3. The molecule has 1 aromatic rings. The maximum absolute atomic E-state index is 11.4. The highest BCUT2D eigenvalue weighted by Gasteiger charge is 2.14. The molecule has 0 heterocycles. The van der Waals surface area contributed by atoms with Gasteiger partial charge in [0.15, 0.2) is 4.11 Å². The van der Waals surface area contributed by atoms with Gasteiger partial charge in [0.25, 0.3) is 0 Å². The van der Waals surface area contributed by atoms with Gasteiger partial charge in [0.1, 0.15) is 0 Å². The average Bonchev–Trinajstić information content (AvgIpc) is 2.17. The standard InChI is InChI=1S/C9H9IO2/c1-12-9(10)8(11)7-5-3-2-4-6-7/h2-6,9H,1H3. The normalized spacial score (nSPS) is 12.5. The second kappa shape index (κ2) is 4.57. The van der Waals surface area contributed by atoms with Crippen molar-refractivity contribution in [2.24, 2.45) is 0 Å². The zero-order chi connectivity index (χ0) is 8.97. The molecule has 0 spiro atoms. The van der Waals surface area contributed by atoms with E-state index >= 15 is 0 Å². The van der Waals surface area contributed by atoms with E-state index in [1.807, 2.05) is 40.8 Å². The van der Waals surface area contributed by atoms with Gasteiger partial charge in [-0.15, -0.1) is 0 Å². The Bertz CT molecular complexity index is 258. The van der Waals surface area contributed by atoms with Gasteiger partial charge in [0.2, 0.25) is 5.78 Å². The molecule has 0 fully saturated rings. The molecule has 0 aliphatic carbocycles. The number of hydrogen-bond acceptors (Lipinski definition) is 2. The van der Waals surface area contributed by atoms with Gasteiger partial charge in [-0.1, -0.05) is 30.3 Å². The third-order valence-electron chi connectivity index (χ3n) is 1.47. The van der Waals surface area contributed by atoms with Crippen molar-refractivity contribution in [2.45, 2.75) is 4.11 Å². The smallest absolute Gasteiger partial charge is 0.201 e. The number of ether oxygens (including phenoxy) is 1. The Morgan fingerprint density at radius 1 is 1.42 bits per heavy atom. The molecule has 0 bridgehead atoms. The molecule has 0 radical (unpaired) electrons. The molecule has 64 valence electrons. The van der Waals surface area contributed by atoms with Crippen LogP contribution in [0.2, 0.25) is 0 Å². The zero-order valence-corrected chi connectivity index (χ0v) is 8.82. The van der Waals surface area contributed by atoms with Gasteiger partial charge in [-0.25, -0.2) is 0 Å². The first-order chi connectivity index (χ1) is 5.75. The van der Waals surface area contributed by atoms with Crippen LogP contribution in [0.4, 0.5) is 0 Å². The van der Waals surface area contributed by atoms with Crippen molar-refractivity contribution in [3.05, 3.63) is 35.9 Å². The SMILES string of the molecule is COC(I)C(=O)c1ccccc1. The summed E-state index contributed by atoms with van der Waals surface area (Å²) in [5.74, 6) is 0.0127. The summed E-state index contributed by atoms with van der Waals surface area (Å²) in [4.78, 5) is 11.4. The summed E-state index contributed by atoms with van der Waals surface area (Å²) in [5.41, 5.74) is 0.693. The van der Waals surface area contributed by atoms with E-state index in [-0.39, 0.29) is 9.89 Å². The van der Waals surface area contributed by atoms with Crippen LogP contribution in [-0.2, 0) is 4.74 Å². The molecule has 0 aliphatic heterocycles. The Balaban J connectivity index is 2.79. The van der Waals surface area contributed by atoms with Crippen LogP contribution in [0.15, 0.2) is 30.3 Å². The van der Waals surface area contributed by atoms with Crippen molar-refractivity contribution in [1.82, 2.24) is 0 Å². The zero-order valence-electron chi connectivity index (χ0n) is 6.66. The fraction of sp³-hybridized carbons (Fsp3) is 0.222. The van der Waals surface area contributed by atoms with Crippen LogP contribution < -0.4 is 0 Å². The van der Waals surface area contributed by atoms with Gasteiger partial charge in [0.05, 0.1) is 0 Å². The van der Waals surface area contributed by atoms with Gasteiger partial charge >= 0.3 is 0 Å². The van der Waals surface area contributed by atoms with Crippen LogP contribution in [0.5, 0.6) is 0 Å². The van der Waals surface area contributed by atoms with Crippen LogP contribution in [0.1, 0.15) is 10.4 Å². The largest absolute Gasteiger partial charge is 0.363 e. The minimum absolute atomic E-state index is 0.0127. The number of benzene rings is 1. The van der Waals surface area contributed by atoms with E-state index in [1.165, 1.54) is 7.11 Å². The summed E-state index contributed by atoms with van der Waals surface area (Å²) >= 11 is 1.96. The molecule has 0 saturated heterocycles. The van der Waals surface area contributed by atoms with Gasteiger partial charge in [-0.3, -0.25) is 4.79 Å². The molecule has 1 atom stereocenters. The van der Waals surface area contributed by atoms with Crippen LogP contribution in [0.25, 0.3) is 0 Å². The van der Waals surface area contributed by atoms with Crippen LogP contribution >= 0.6 is 22.6 Å². The van der Waals surface area contributed by atoms with Crippen LogP contribution in [0.3, 0.4) is 0 Å². The third kappa shape index (κ3) is 2.28. The van der Waals surface area contributed by atoms with E-state index in [1.54, 1.807) is 12.1 Å². The maximum Gasteiger partial charge on any atom is 0.201 e. The van der Waals surface area contributed by atoms with E-state index in [9.17, 15) is 4.79 Å². The lowest BCUT2D eigenvalue weighted by Crippen LogP contribution is -2.15. The molecule has 1 unspecified atom stereocenters. The first-order valence-corrected chi connectivity index (χ1v) is 4.76. The molecular weight excluding hydrogens is 267 g/mol. The maximum atomic E-state index is 11.4. The second-order valence-electron chi connectivity index (χ2n) is 2.28. The molecule has 0 N–H and O–H groups in total. The van der Waals surface area contributed by atoms with Gasteiger partial charge in [-0.05, 0) is 22.6 Å². The highest BCUT2D eigenvalue weighted by Crippen LogP contribution is 2.10. The topological polar surface area (TPSA) is 26.3 Å². The summed E-state index contributed by atoms with van der Waals surface area (Å²) in [7, 11) is 1.53. The highest BCUT2D eigenvalue weighted by atomic mass is 127. The Hall–Kier alpha value is -0.420. The molecule has 3 heteroatoms. The Morgan fingerprint density at radius 2 is 2.00 bits per heavy atom. The number of halogens is 1.